The third kappa shape index (κ3) is 3.64. The van der Waals surface area contributed by atoms with Gasteiger partial charge in [-0.3, -0.25) is 4.98 Å². The molecule has 0 saturated heterocycles. The minimum Gasteiger partial charge on any atom is -0.493 e. The maximum absolute atomic E-state index is 5.93. The lowest BCUT2D eigenvalue weighted by Crippen LogP contribution is -2.33. The van der Waals surface area contributed by atoms with Crippen LogP contribution in [0.15, 0.2) is 30.6 Å². The first kappa shape index (κ1) is 17.4. The van der Waals surface area contributed by atoms with Crippen molar-refractivity contribution in [3.8, 4) is 34.1 Å². The SMILES string of the molecule is CNC1(COc2cncc(-c3cc(OC)c(OC)c(OC)c3)c2)CC1. The Bertz CT molecular complexity index is 719. The molecule has 1 saturated carbocycles. The molecule has 0 spiro atoms. The van der Waals surface area contributed by atoms with E-state index in [1.165, 1.54) is 0 Å². The van der Waals surface area contributed by atoms with Crippen LogP contribution in [0, 0.1) is 0 Å². The van der Waals surface area contributed by atoms with Crippen LogP contribution in [-0.4, -0.2) is 45.5 Å². The predicted molar refractivity (Wildman–Crippen MR) is 95.8 cm³/mol. The van der Waals surface area contributed by atoms with Gasteiger partial charge in [0.05, 0.1) is 33.1 Å². The molecule has 1 fully saturated rings. The van der Waals surface area contributed by atoms with Gasteiger partial charge in [-0.2, -0.15) is 0 Å². The molecule has 0 bridgehead atoms. The van der Waals surface area contributed by atoms with Gasteiger partial charge in [-0.15, -0.1) is 0 Å². The molecule has 1 heterocycles. The van der Waals surface area contributed by atoms with Crippen molar-refractivity contribution < 1.29 is 18.9 Å². The zero-order valence-electron chi connectivity index (χ0n) is 15.1. The highest BCUT2D eigenvalue weighted by molar-refractivity contribution is 5.71. The summed E-state index contributed by atoms with van der Waals surface area (Å²) in [6, 6.07) is 5.77. The van der Waals surface area contributed by atoms with E-state index in [2.05, 4.69) is 10.3 Å². The van der Waals surface area contributed by atoms with Crippen LogP contribution in [0.4, 0.5) is 0 Å². The lowest BCUT2D eigenvalue weighted by atomic mass is 10.1. The van der Waals surface area contributed by atoms with Crippen LogP contribution in [0.2, 0.25) is 0 Å². The van der Waals surface area contributed by atoms with Crippen LogP contribution in [0.3, 0.4) is 0 Å². The smallest absolute Gasteiger partial charge is 0.203 e. The maximum Gasteiger partial charge on any atom is 0.203 e. The van der Waals surface area contributed by atoms with E-state index in [-0.39, 0.29) is 5.54 Å². The summed E-state index contributed by atoms with van der Waals surface area (Å²) in [7, 11) is 6.77. The Kier molecular flexibility index (Phi) is 4.99. The Morgan fingerprint density at radius 1 is 0.960 bits per heavy atom. The second-order valence-corrected chi connectivity index (χ2v) is 6.14. The number of methoxy groups -OCH3 is 3. The standard InChI is InChI=1S/C19H24N2O4/c1-20-19(5-6-19)12-25-15-7-14(10-21-11-15)13-8-16(22-2)18(24-4)17(9-13)23-3/h7-11,20H,5-6,12H2,1-4H3. The van der Waals surface area contributed by atoms with Gasteiger partial charge in [0.1, 0.15) is 12.4 Å². The van der Waals surface area contributed by atoms with Gasteiger partial charge in [0.2, 0.25) is 5.75 Å². The second kappa shape index (κ2) is 7.19. The van der Waals surface area contributed by atoms with Crippen molar-refractivity contribution in [1.29, 1.82) is 0 Å². The number of pyridine rings is 1. The summed E-state index contributed by atoms with van der Waals surface area (Å²) < 4.78 is 22.1. The summed E-state index contributed by atoms with van der Waals surface area (Å²) in [5, 5.41) is 3.32. The zero-order valence-corrected chi connectivity index (χ0v) is 15.1. The highest BCUT2D eigenvalue weighted by Crippen LogP contribution is 2.41. The van der Waals surface area contributed by atoms with Gasteiger partial charge in [-0.05, 0) is 43.7 Å². The van der Waals surface area contributed by atoms with Crippen LogP contribution >= 0.6 is 0 Å². The first-order valence-electron chi connectivity index (χ1n) is 8.22. The highest BCUT2D eigenvalue weighted by Gasteiger charge is 2.41. The number of hydrogen-bond donors (Lipinski definition) is 1. The molecule has 0 unspecified atom stereocenters. The van der Waals surface area contributed by atoms with E-state index < -0.39 is 0 Å². The number of ether oxygens (including phenoxy) is 4. The Balaban J connectivity index is 1.87. The van der Waals surface area contributed by atoms with E-state index in [1.807, 2.05) is 25.2 Å². The van der Waals surface area contributed by atoms with Crippen molar-refractivity contribution in [1.82, 2.24) is 10.3 Å². The summed E-state index contributed by atoms with van der Waals surface area (Å²) in [5.74, 6) is 2.53. The molecule has 25 heavy (non-hydrogen) atoms. The lowest BCUT2D eigenvalue weighted by molar-refractivity contribution is 0.259. The average molecular weight is 344 g/mol. The Morgan fingerprint density at radius 2 is 1.64 bits per heavy atom. The molecule has 2 aromatic rings. The fourth-order valence-electron chi connectivity index (χ4n) is 2.74. The van der Waals surface area contributed by atoms with Crippen molar-refractivity contribution in [2.75, 3.05) is 35.0 Å². The van der Waals surface area contributed by atoms with E-state index in [0.717, 1.165) is 29.7 Å². The zero-order chi connectivity index (χ0) is 17.9. The number of rotatable bonds is 8. The van der Waals surface area contributed by atoms with Crippen LogP contribution < -0.4 is 24.3 Å². The summed E-state index contributed by atoms with van der Waals surface area (Å²) in [5.41, 5.74) is 1.97. The van der Waals surface area contributed by atoms with Crippen LogP contribution in [0.25, 0.3) is 11.1 Å². The molecule has 0 amide bonds. The van der Waals surface area contributed by atoms with Gasteiger partial charge >= 0.3 is 0 Å². The molecule has 6 nitrogen and oxygen atoms in total. The molecular weight excluding hydrogens is 320 g/mol. The number of likely N-dealkylation sites (N-methyl/N-ethyl adjacent to an activating group) is 1. The van der Waals surface area contributed by atoms with Gasteiger partial charge in [0, 0.05) is 11.8 Å². The van der Waals surface area contributed by atoms with Crippen molar-refractivity contribution in [3.05, 3.63) is 30.6 Å². The molecule has 0 radical (unpaired) electrons. The molecule has 1 aliphatic carbocycles. The van der Waals surface area contributed by atoms with Gasteiger partial charge in [-0.1, -0.05) is 0 Å². The van der Waals surface area contributed by atoms with Crippen LogP contribution in [0.1, 0.15) is 12.8 Å². The minimum absolute atomic E-state index is 0.128. The van der Waals surface area contributed by atoms with Gasteiger partial charge in [0.15, 0.2) is 11.5 Å². The number of nitrogens with zero attached hydrogens (tertiary/aromatic N) is 1. The molecule has 134 valence electrons. The second-order valence-electron chi connectivity index (χ2n) is 6.14. The Hall–Kier alpha value is -2.47. The molecule has 1 aromatic heterocycles. The van der Waals surface area contributed by atoms with E-state index >= 15 is 0 Å². The first-order valence-corrected chi connectivity index (χ1v) is 8.22. The van der Waals surface area contributed by atoms with Crippen molar-refractivity contribution in [3.63, 3.8) is 0 Å². The van der Waals surface area contributed by atoms with Crippen molar-refractivity contribution in [2.45, 2.75) is 18.4 Å². The molecular formula is C19H24N2O4. The lowest BCUT2D eigenvalue weighted by Gasteiger charge is -2.16. The largest absolute Gasteiger partial charge is 0.493 e. The normalized spacial score (nSPS) is 14.7. The minimum atomic E-state index is 0.128. The first-order chi connectivity index (χ1) is 12.1. The van der Waals surface area contributed by atoms with E-state index in [1.54, 1.807) is 33.7 Å². The molecule has 1 aromatic carbocycles. The summed E-state index contributed by atoms with van der Waals surface area (Å²) in [6.45, 7) is 0.643. The molecule has 1 N–H and O–H groups in total. The topological polar surface area (TPSA) is 61.8 Å². The number of aromatic nitrogens is 1. The number of hydrogen-bond acceptors (Lipinski definition) is 6. The van der Waals surface area contributed by atoms with E-state index in [9.17, 15) is 0 Å². The summed E-state index contributed by atoms with van der Waals surface area (Å²) in [4.78, 5) is 4.30. The van der Waals surface area contributed by atoms with Crippen molar-refractivity contribution in [2.24, 2.45) is 0 Å². The van der Waals surface area contributed by atoms with Gasteiger partial charge in [0.25, 0.3) is 0 Å². The van der Waals surface area contributed by atoms with Crippen LogP contribution in [-0.2, 0) is 0 Å². The van der Waals surface area contributed by atoms with Crippen molar-refractivity contribution >= 4 is 0 Å². The third-order valence-electron chi connectivity index (χ3n) is 4.61. The molecule has 6 heteroatoms. The molecule has 0 aliphatic heterocycles. The van der Waals surface area contributed by atoms with Crippen LogP contribution in [0.5, 0.6) is 23.0 Å². The molecule has 0 atom stereocenters. The predicted octanol–water partition coefficient (Wildman–Crippen LogP) is 2.91. The Morgan fingerprint density at radius 3 is 2.16 bits per heavy atom. The summed E-state index contributed by atoms with van der Waals surface area (Å²) >= 11 is 0. The van der Waals surface area contributed by atoms with Gasteiger partial charge in [-0.25, -0.2) is 0 Å². The van der Waals surface area contributed by atoms with E-state index in [4.69, 9.17) is 18.9 Å². The quantitative estimate of drug-likeness (QED) is 0.794. The maximum atomic E-state index is 5.93. The highest BCUT2D eigenvalue weighted by atomic mass is 16.5. The third-order valence-corrected chi connectivity index (χ3v) is 4.61. The number of nitrogens with one attached hydrogen (secondary N) is 1. The Labute approximate surface area is 148 Å². The van der Waals surface area contributed by atoms with Gasteiger partial charge < -0.3 is 24.3 Å². The van der Waals surface area contributed by atoms with E-state index in [0.29, 0.717) is 23.9 Å². The molecule has 3 rings (SSSR count). The monoisotopic (exact) mass is 344 g/mol. The fourth-order valence-corrected chi connectivity index (χ4v) is 2.74. The summed E-state index contributed by atoms with van der Waals surface area (Å²) in [6.07, 6.45) is 5.80. The molecule has 1 aliphatic rings. The average Bonchev–Trinajstić information content (AvgIpc) is 3.46. The fraction of sp³-hybridized carbons (Fsp3) is 0.421. The number of benzene rings is 1.